The summed E-state index contributed by atoms with van der Waals surface area (Å²) in [5.41, 5.74) is 0.0195. The van der Waals surface area contributed by atoms with Gasteiger partial charge in [-0.3, -0.25) is 0 Å². The predicted octanol–water partition coefficient (Wildman–Crippen LogP) is 0.723. The molecule has 0 radical (unpaired) electrons. The van der Waals surface area contributed by atoms with Crippen LogP contribution in [0.5, 0.6) is 0 Å². The fourth-order valence-corrected chi connectivity index (χ4v) is 0.925. The molecule has 0 saturated carbocycles. The Bertz CT molecular complexity index is 106. The maximum absolute atomic E-state index is 12.0. The maximum atomic E-state index is 12.0. The van der Waals surface area contributed by atoms with E-state index in [0.29, 0.717) is 13.2 Å². The van der Waals surface area contributed by atoms with Crippen molar-refractivity contribution in [3.8, 4) is 0 Å². The summed E-state index contributed by atoms with van der Waals surface area (Å²) in [6, 6.07) is 0. The van der Waals surface area contributed by atoms with E-state index in [0.717, 1.165) is 0 Å². The van der Waals surface area contributed by atoms with E-state index in [4.69, 9.17) is 4.74 Å². The van der Waals surface area contributed by atoms with Crippen LogP contribution in [-0.2, 0) is 4.74 Å². The Morgan fingerprint density at radius 1 is 1.70 bits per heavy atom. The first-order valence-electron chi connectivity index (χ1n) is 3.57. The largest absolute Gasteiger partial charge is 0.372 e. The van der Waals surface area contributed by atoms with Crippen molar-refractivity contribution in [2.45, 2.75) is 25.5 Å². The van der Waals surface area contributed by atoms with Gasteiger partial charge in [-0.25, -0.2) is 4.39 Å². The van der Waals surface area contributed by atoms with Crippen molar-refractivity contribution in [2.75, 3.05) is 19.8 Å². The molecule has 0 spiro atoms. The lowest BCUT2D eigenvalue weighted by Gasteiger charge is -2.34. The topological polar surface area (TPSA) is 21.3 Å². The molecule has 0 aliphatic carbocycles. The minimum Gasteiger partial charge on any atom is -0.372 e. The molecular formula is C7H14FNO. The van der Waals surface area contributed by atoms with Gasteiger partial charge in [-0.2, -0.15) is 0 Å². The minimum atomic E-state index is -0.386. The summed E-state index contributed by atoms with van der Waals surface area (Å²) in [5.74, 6) is 0. The van der Waals surface area contributed by atoms with Crippen LogP contribution in [0, 0.1) is 0 Å². The monoisotopic (exact) mass is 147 g/mol. The van der Waals surface area contributed by atoms with Crippen molar-refractivity contribution in [3.63, 3.8) is 0 Å². The summed E-state index contributed by atoms with van der Waals surface area (Å²) in [7, 11) is 0. The number of nitrogens with one attached hydrogen (secondary N) is 1. The van der Waals surface area contributed by atoms with Gasteiger partial charge in [-0.15, -0.1) is 0 Å². The van der Waals surface area contributed by atoms with Crippen LogP contribution < -0.4 is 5.32 Å². The first-order valence-corrected chi connectivity index (χ1v) is 3.57. The molecule has 10 heavy (non-hydrogen) atoms. The highest BCUT2D eigenvalue weighted by molar-refractivity contribution is 4.83. The molecule has 1 saturated heterocycles. The van der Waals surface area contributed by atoms with Crippen LogP contribution in [0.15, 0.2) is 0 Å². The number of ether oxygens (including phenoxy) is 1. The summed E-state index contributed by atoms with van der Waals surface area (Å²) >= 11 is 0. The predicted molar refractivity (Wildman–Crippen MR) is 37.8 cm³/mol. The number of rotatable bonds is 1. The van der Waals surface area contributed by atoms with Crippen molar-refractivity contribution in [1.29, 1.82) is 0 Å². The van der Waals surface area contributed by atoms with Gasteiger partial charge in [0.25, 0.3) is 0 Å². The van der Waals surface area contributed by atoms with Gasteiger partial charge < -0.3 is 10.1 Å². The zero-order chi connectivity index (χ0) is 7.61. The molecule has 1 fully saturated rings. The Kier molecular flexibility index (Phi) is 2.26. The summed E-state index contributed by atoms with van der Waals surface area (Å²) in [5, 5.41) is 3.19. The molecule has 0 aromatic heterocycles. The van der Waals surface area contributed by atoms with Crippen molar-refractivity contribution in [1.82, 2.24) is 5.32 Å². The number of hydrogen-bond acceptors (Lipinski definition) is 2. The fourth-order valence-electron chi connectivity index (χ4n) is 0.925. The molecule has 1 aliphatic heterocycles. The Morgan fingerprint density at radius 3 is 2.80 bits per heavy atom. The molecule has 0 aromatic carbocycles. The SMILES string of the molecule is CC1(C)COC(CF)CN1. The molecule has 3 heteroatoms. The van der Waals surface area contributed by atoms with Crippen LogP contribution in [-0.4, -0.2) is 31.5 Å². The molecule has 1 rings (SSSR count). The highest BCUT2D eigenvalue weighted by Crippen LogP contribution is 2.10. The first kappa shape index (κ1) is 7.95. The van der Waals surface area contributed by atoms with Gasteiger partial charge in [0.15, 0.2) is 0 Å². The van der Waals surface area contributed by atoms with Gasteiger partial charge in [-0.05, 0) is 13.8 Å². The number of halogens is 1. The van der Waals surface area contributed by atoms with Crippen molar-refractivity contribution >= 4 is 0 Å². The lowest BCUT2D eigenvalue weighted by Crippen LogP contribution is -2.53. The molecule has 2 nitrogen and oxygen atoms in total. The van der Waals surface area contributed by atoms with Crippen molar-refractivity contribution in [2.24, 2.45) is 0 Å². The Hall–Kier alpha value is -0.150. The lowest BCUT2D eigenvalue weighted by molar-refractivity contribution is -0.0316. The molecule has 1 N–H and O–H groups in total. The molecule has 1 heterocycles. The van der Waals surface area contributed by atoms with Crippen LogP contribution in [0.3, 0.4) is 0 Å². The van der Waals surface area contributed by atoms with E-state index >= 15 is 0 Å². The third-order valence-electron chi connectivity index (χ3n) is 1.66. The quantitative estimate of drug-likeness (QED) is 0.590. The van der Waals surface area contributed by atoms with E-state index in [2.05, 4.69) is 5.32 Å². The van der Waals surface area contributed by atoms with E-state index < -0.39 is 0 Å². The second-order valence-electron chi connectivity index (χ2n) is 3.35. The fraction of sp³-hybridized carbons (Fsp3) is 1.00. The zero-order valence-corrected chi connectivity index (χ0v) is 6.48. The minimum absolute atomic E-state index is 0.0195. The summed E-state index contributed by atoms with van der Waals surface area (Å²) < 4.78 is 17.2. The van der Waals surface area contributed by atoms with E-state index in [9.17, 15) is 4.39 Å². The van der Waals surface area contributed by atoms with Gasteiger partial charge >= 0.3 is 0 Å². The molecule has 1 atom stereocenters. The van der Waals surface area contributed by atoms with Crippen LogP contribution in [0.25, 0.3) is 0 Å². The van der Waals surface area contributed by atoms with E-state index in [1.54, 1.807) is 0 Å². The molecule has 0 aromatic rings. The number of hydrogen-bond donors (Lipinski definition) is 1. The number of morpholine rings is 1. The van der Waals surface area contributed by atoms with Crippen LogP contribution in [0.2, 0.25) is 0 Å². The average molecular weight is 147 g/mol. The third-order valence-corrected chi connectivity index (χ3v) is 1.66. The zero-order valence-electron chi connectivity index (χ0n) is 6.48. The van der Waals surface area contributed by atoms with Gasteiger partial charge in [0, 0.05) is 12.1 Å². The molecule has 1 aliphatic rings. The highest BCUT2D eigenvalue weighted by Gasteiger charge is 2.26. The van der Waals surface area contributed by atoms with E-state index in [-0.39, 0.29) is 18.3 Å². The van der Waals surface area contributed by atoms with Crippen LogP contribution >= 0.6 is 0 Å². The lowest BCUT2D eigenvalue weighted by atomic mass is 10.1. The second-order valence-corrected chi connectivity index (χ2v) is 3.35. The molecule has 60 valence electrons. The Balaban J connectivity index is 2.31. The van der Waals surface area contributed by atoms with E-state index in [1.807, 2.05) is 13.8 Å². The Labute approximate surface area is 60.8 Å². The molecular weight excluding hydrogens is 133 g/mol. The summed E-state index contributed by atoms with van der Waals surface area (Å²) in [6.07, 6.45) is -0.229. The maximum Gasteiger partial charge on any atom is 0.117 e. The van der Waals surface area contributed by atoms with Crippen LogP contribution in [0.4, 0.5) is 4.39 Å². The van der Waals surface area contributed by atoms with Gasteiger partial charge in [0.1, 0.15) is 6.67 Å². The molecule has 1 unspecified atom stereocenters. The third kappa shape index (κ3) is 1.92. The van der Waals surface area contributed by atoms with Crippen molar-refractivity contribution < 1.29 is 9.13 Å². The highest BCUT2D eigenvalue weighted by atomic mass is 19.1. The van der Waals surface area contributed by atoms with Crippen LogP contribution in [0.1, 0.15) is 13.8 Å². The standard InChI is InChI=1S/C7H14FNO/c1-7(2)5-10-6(3-8)4-9-7/h6,9H,3-5H2,1-2H3. The molecule has 0 amide bonds. The average Bonchev–Trinajstić information content (AvgIpc) is 1.88. The second kappa shape index (κ2) is 2.84. The summed E-state index contributed by atoms with van der Waals surface area (Å²) in [6.45, 7) is 4.93. The van der Waals surface area contributed by atoms with Crippen molar-refractivity contribution in [3.05, 3.63) is 0 Å². The summed E-state index contributed by atoms with van der Waals surface area (Å²) in [4.78, 5) is 0. The van der Waals surface area contributed by atoms with E-state index in [1.165, 1.54) is 0 Å². The smallest absolute Gasteiger partial charge is 0.117 e. The van der Waals surface area contributed by atoms with Gasteiger partial charge in [0.05, 0.1) is 12.7 Å². The number of alkyl halides is 1. The molecule has 0 bridgehead atoms. The first-order chi connectivity index (χ1) is 4.64. The normalized spacial score (nSPS) is 32.1. The Morgan fingerprint density at radius 2 is 2.40 bits per heavy atom. The van der Waals surface area contributed by atoms with Gasteiger partial charge in [0.2, 0.25) is 0 Å². The van der Waals surface area contributed by atoms with Gasteiger partial charge in [-0.1, -0.05) is 0 Å².